The number of alkyl halides is 3. The van der Waals surface area contributed by atoms with Crippen LogP contribution < -0.4 is 21.7 Å². The number of aryl methyl sites for hydroxylation is 1. The number of nitrogens with zero attached hydrogens (tertiary/aromatic N) is 3. The molecule has 1 fully saturated rings. The number of nitrogens with two attached hydrogens (primary N) is 2. The van der Waals surface area contributed by atoms with Crippen molar-refractivity contribution in [2.24, 2.45) is 0 Å². The molecule has 0 spiro atoms. The summed E-state index contributed by atoms with van der Waals surface area (Å²) in [5.41, 5.74) is 10.7. The number of hydrogen-bond donors (Lipinski definition) is 3. The van der Waals surface area contributed by atoms with Crippen LogP contribution in [0, 0.1) is 0 Å². The van der Waals surface area contributed by atoms with Crippen molar-refractivity contribution in [2.75, 3.05) is 36.5 Å². The van der Waals surface area contributed by atoms with E-state index in [1.165, 1.54) is 12.1 Å². The molecule has 6 nitrogen and oxygen atoms in total. The molecule has 3 rings (SSSR count). The van der Waals surface area contributed by atoms with Crippen LogP contribution in [0.1, 0.15) is 37.4 Å². The van der Waals surface area contributed by atoms with Crippen molar-refractivity contribution < 1.29 is 13.2 Å². The van der Waals surface area contributed by atoms with Gasteiger partial charge in [0, 0.05) is 42.3 Å². The van der Waals surface area contributed by atoms with Gasteiger partial charge in [-0.3, -0.25) is 0 Å². The molecule has 1 aliphatic heterocycles. The Morgan fingerprint density at radius 3 is 2.59 bits per heavy atom. The fourth-order valence-electron chi connectivity index (χ4n) is 3.74. The van der Waals surface area contributed by atoms with Crippen LogP contribution in [0.3, 0.4) is 0 Å². The van der Waals surface area contributed by atoms with Crippen molar-refractivity contribution in [3.05, 3.63) is 29.5 Å². The molecule has 0 bridgehead atoms. The van der Waals surface area contributed by atoms with Gasteiger partial charge in [-0.2, -0.15) is 13.2 Å². The maximum atomic E-state index is 13.8. The van der Waals surface area contributed by atoms with Gasteiger partial charge in [-0.25, -0.2) is 9.97 Å². The second-order valence-electron chi connectivity index (χ2n) is 7.36. The zero-order chi connectivity index (χ0) is 21.2. The second kappa shape index (κ2) is 8.44. The molecule has 9 heteroatoms. The number of hydrogen-bond acceptors (Lipinski definition) is 6. The Bertz CT molecular complexity index is 868. The van der Waals surface area contributed by atoms with Crippen LogP contribution in [-0.4, -0.2) is 36.1 Å². The summed E-state index contributed by atoms with van der Waals surface area (Å²) in [6.45, 7) is 3.52. The third kappa shape index (κ3) is 4.55. The molecule has 1 saturated heterocycles. The predicted molar refractivity (Wildman–Crippen MR) is 110 cm³/mol. The molecule has 1 aliphatic rings. The van der Waals surface area contributed by atoms with Crippen molar-refractivity contribution in [2.45, 2.75) is 44.8 Å². The smallest absolute Gasteiger partial charge is 0.398 e. The highest BCUT2D eigenvalue weighted by Gasteiger charge is 2.38. The Labute approximate surface area is 168 Å². The minimum Gasteiger partial charge on any atom is -0.398 e. The summed E-state index contributed by atoms with van der Waals surface area (Å²) in [4.78, 5) is 11.0. The number of likely N-dealkylation sites (N-methyl/N-ethyl adjacent to an activating group) is 1. The molecular weight excluding hydrogens is 381 g/mol. The molecule has 0 aliphatic carbocycles. The first-order valence-electron chi connectivity index (χ1n) is 9.80. The first-order valence-corrected chi connectivity index (χ1v) is 9.80. The summed E-state index contributed by atoms with van der Waals surface area (Å²) >= 11 is 0. The second-order valence-corrected chi connectivity index (χ2v) is 7.36. The van der Waals surface area contributed by atoms with Crippen molar-refractivity contribution in [3.63, 3.8) is 0 Å². The maximum Gasteiger partial charge on any atom is 0.419 e. The summed E-state index contributed by atoms with van der Waals surface area (Å²) in [6, 6.07) is 4.70. The summed E-state index contributed by atoms with van der Waals surface area (Å²) in [6.07, 6.45) is -1.19. The molecule has 2 aromatic rings. The summed E-state index contributed by atoms with van der Waals surface area (Å²) in [7, 11) is 1.91. The number of anilines is 3. The average Bonchev–Trinajstić information content (AvgIpc) is 2.68. The highest BCUT2D eigenvalue weighted by atomic mass is 19.4. The van der Waals surface area contributed by atoms with Gasteiger partial charge < -0.3 is 21.7 Å². The first kappa shape index (κ1) is 21.2. The first-order chi connectivity index (χ1) is 13.7. The van der Waals surface area contributed by atoms with Crippen molar-refractivity contribution in [3.8, 4) is 11.4 Å². The summed E-state index contributed by atoms with van der Waals surface area (Å²) in [5, 5.41) is 3.26. The number of piperidine rings is 1. The Hall–Kier alpha value is -2.55. The van der Waals surface area contributed by atoms with Gasteiger partial charge in [0.15, 0.2) is 5.82 Å². The normalized spacial score (nSPS) is 17.6. The number of halogens is 3. The lowest BCUT2D eigenvalue weighted by molar-refractivity contribution is -0.136. The van der Waals surface area contributed by atoms with E-state index in [0.717, 1.165) is 32.4 Å². The minimum absolute atomic E-state index is 0.0327. The Morgan fingerprint density at radius 1 is 1.21 bits per heavy atom. The minimum atomic E-state index is -4.67. The highest BCUT2D eigenvalue weighted by molar-refractivity contribution is 5.81. The van der Waals surface area contributed by atoms with Gasteiger partial charge in [-0.15, -0.1) is 0 Å². The molecule has 158 valence electrons. The quantitative estimate of drug-likeness (QED) is 0.656. The van der Waals surface area contributed by atoms with Gasteiger partial charge in [0.2, 0.25) is 0 Å². The van der Waals surface area contributed by atoms with Crippen molar-refractivity contribution in [1.82, 2.24) is 15.3 Å². The van der Waals surface area contributed by atoms with E-state index in [2.05, 4.69) is 20.2 Å². The van der Waals surface area contributed by atoms with Crippen LogP contribution >= 0.6 is 0 Å². The van der Waals surface area contributed by atoms with E-state index in [-0.39, 0.29) is 22.8 Å². The summed E-state index contributed by atoms with van der Waals surface area (Å²) in [5.74, 6) is 0.586. The maximum absolute atomic E-state index is 13.8. The van der Waals surface area contributed by atoms with Gasteiger partial charge in [0.05, 0.1) is 11.1 Å². The zero-order valence-electron chi connectivity index (χ0n) is 16.7. The number of aromatic nitrogens is 2. The van der Waals surface area contributed by atoms with Gasteiger partial charge >= 0.3 is 6.18 Å². The molecule has 2 heterocycles. The van der Waals surface area contributed by atoms with Crippen LogP contribution in [0.2, 0.25) is 0 Å². The predicted octanol–water partition coefficient (Wildman–Crippen LogP) is 3.47. The molecule has 0 saturated carbocycles. The molecule has 1 atom stereocenters. The van der Waals surface area contributed by atoms with Crippen LogP contribution in [0.4, 0.5) is 30.4 Å². The SMILES string of the molecule is CCCc1cc(N2CCCC(NC)C2)nc(-c2c(N)ccc(N)c2C(F)(F)F)n1. The Kier molecular flexibility index (Phi) is 6.16. The summed E-state index contributed by atoms with van der Waals surface area (Å²) < 4.78 is 41.3. The van der Waals surface area contributed by atoms with Crippen molar-refractivity contribution in [1.29, 1.82) is 0 Å². The van der Waals surface area contributed by atoms with E-state index in [0.29, 0.717) is 24.0 Å². The lowest BCUT2D eigenvalue weighted by Gasteiger charge is -2.33. The molecule has 0 radical (unpaired) electrons. The fourth-order valence-corrected chi connectivity index (χ4v) is 3.74. The molecule has 5 N–H and O–H groups in total. The Morgan fingerprint density at radius 2 is 1.93 bits per heavy atom. The molecular formula is C20H27F3N6. The highest BCUT2D eigenvalue weighted by Crippen LogP contribution is 2.43. The van der Waals surface area contributed by atoms with Gasteiger partial charge in [0.1, 0.15) is 5.82 Å². The molecule has 29 heavy (non-hydrogen) atoms. The molecule has 1 aromatic heterocycles. The largest absolute Gasteiger partial charge is 0.419 e. The molecule has 1 unspecified atom stereocenters. The monoisotopic (exact) mass is 408 g/mol. The van der Waals surface area contributed by atoms with E-state index in [1.807, 2.05) is 20.0 Å². The van der Waals surface area contributed by atoms with E-state index in [9.17, 15) is 13.2 Å². The molecule has 1 aromatic carbocycles. The van der Waals surface area contributed by atoms with E-state index in [1.54, 1.807) is 0 Å². The standard InChI is InChI=1S/C20H27F3N6/c1-3-5-12-10-16(29-9-4-6-13(11-29)26-2)28-19(27-12)17-14(24)7-8-15(25)18(17)20(21,22)23/h7-8,10,13,26H,3-6,9,11,24-25H2,1-2H3. The average molecular weight is 408 g/mol. The van der Waals surface area contributed by atoms with Crippen LogP contribution in [0.5, 0.6) is 0 Å². The van der Waals surface area contributed by atoms with E-state index < -0.39 is 11.7 Å². The number of nitrogen functional groups attached to an aromatic ring is 2. The van der Waals surface area contributed by atoms with E-state index in [4.69, 9.17) is 11.5 Å². The number of benzene rings is 1. The van der Waals surface area contributed by atoms with E-state index >= 15 is 0 Å². The third-order valence-electron chi connectivity index (χ3n) is 5.20. The zero-order valence-corrected chi connectivity index (χ0v) is 16.7. The van der Waals surface area contributed by atoms with Crippen LogP contribution in [0.15, 0.2) is 18.2 Å². The Balaban J connectivity index is 2.16. The molecule has 0 amide bonds. The third-order valence-corrected chi connectivity index (χ3v) is 5.20. The van der Waals surface area contributed by atoms with Gasteiger partial charge in [0.25, 0.3) is 0 Å². The van der Waals surface area contributed by atoms with Crippen molar-refractivity contribution >= 4 is 17.2 Å². The number of rotatable bonds is 5. The van der Waals surface area contributed by atoms with Crippen LogP contribution in [0.25, 0.3) is 11.4 Å². The number of nitrogens with one attached hydrogen (secondary N) is 1. The van der Waals surface area contributed by atoms with Crippen LogP contribution in [-0.2, 0) is 12.6 Å². The van der Waals surface area contributed by atoms with Gasteiger partial charge in [-0.1, -0.05) is 13.3 Å². The fraction of sp³-hybridized carbons (Fsp3) is 0.500. The lowest BCUT2D eigenvalue weighted by Crippen LogP contribution is -2.44. The lowest BCUT2D eigenvalue weighted by atomic mass is 10.0. The topological polar surface area (TPSA) is 93.1 Å². The van der Waals surface area contributed by atoms with Gasteiger partial charge in [-0.05, 0) is 38.4 Å².